The number of carbonyl (C=O) groups is 4. The number of aryl methyl sites for hydroxylation is 1. The zero-order valence-electron chi connectivity index (χ0n) is 39.7. The summed E-state index contributed by atoms with van der Waals surface area (Å²) in [6.45, 7) is 4.21. The molecule has 17 heteroatoms. The lowest BCUT2D eigenvalue weighted by Gasteiger charge is -2.37. The van der Waals surface area contributed by atoms with Crippen molar-refractivity contribution >= 4 is 63.4 Å². The molecule has 2 saturated heterocycles. The number of carbonyl (C=O) groups excluding carboxylic acids is 4. The van der Waals surface area contributed by atoms with Crippen molar-refractivity contribution < 1.29 is 37.4 Å². The SMILES string of the molecule is COc1ccc(C(N)=O)c(-c2c(Cl)c(F)cc3c2[C@H](C)[C@@](CNC2CCC(C(=O)Nc4cccc(N5CCC(c6ccc7c(N8CCC(=O)NC8=O)nn(C)c7c6)CC5)c4)CC2)(c2ccccc2)O3)c1F. The van der Waals surface area contributed by atoms with Crippen LogP contribution < -0.4 is 41.0 Å². The van der Waals surface area contributed by atoms with Crippen LogP contribution in [-0.4, -0.2) is 72.9 Å². The summed E-state index contributed by atoms with van der Waals surface area (Å²) in [4.78, 5) is 54.7. The van der Waals surface area contributed by atoms with E-state index in [1.165, 1.54) is 35.8 Å². The Balaban J connectivity index is 0.774. The number of primary amides is 1. The van der Waals surface area contributed by atoms with Crippen LogP contribution in [0, 0.1) is 17.6 Å². The Morgan fingerprint density at radius 3 is 2.41 bits per heavy atom. The van der Waals surface area contributed by atoms with E-state index < -0.39 is 35.1 Å². The molecule has 2 atom stereocenters. The first kappa shape index (κ1) is 47.6. The number of urea groups is 1. The van der Waals surface area contributed by atoms with Gasteiger partial charge < -0.3 is 30.7 Å². The minimum atomic E-state index is -1.09. The number of ether oxygens (including phenoxy) is 2. The second-order valence-corrected chi connectivity index (χ2v) is 19.5. The third kappa shape index (κ3) is 8.81. The standard InChI is InChI=1S/C54H55ClF2N8O6/c1-30-45-43(28-40(56)48(55)47(45)46-39(50(58)67)18-19-42(70-3)49(46)57)71-54(30,34-8-5-4-6-9-34)29-59-35-15-12-32(13-16-35)52(68)60-36-10-7-11-37(27-36)64-23-20-31(21-24-64)33-14-17-38-41(26-33)63(2)62-51(38)65-25-22-44(66)61-53(65)69/h4-11,14,17-19,26-28,30-32,35,59H,12-13,15-16,20-25,29H2,1-3H3,(H2,58,67)(H,60,68)(H,61,66,69)/t30-,32?,35?,54-/m0/s1. The van der Waals surface area contributed by atoms with Gasteiger partial charge in [-0.3, -0.25) is 29.3 Å². The van der Waals surface area contributed by atoms with E-state index in [4.69, 9.17) is 26.8 Å². The van der Waals surface area contributed by atoms with E-state index in [-0.39, 0.29) is 63.4 Å². The number of hydrogen-bond acceptors (Lipinski definition) is 9. The molecule has 4 heterocycles. The first-order chi connectivity index (χ1) is 34.2. The summed E-state index contributed by atoms with van der Waals surface area (Å²) in [5, 5.41) is 14.5. The van der Waals surface area contributed by atoms with Crippen LogP contribution in [0.3, 0.4) is 0 Å². The third-order valence-electron chi connectivity index (χ3n) is 15.1. The van der Waals surface area contributed by atoms with Crippen LogP contribution in [0.15, 0.2) is 91.0 Å². The number of halogens is 3. The summed E-state index contributed by atoms with van der Waals surface area (Å²) in [5.74, 6) is -2.74. The zero-order chi connectivity index (χ0) is 49.7. The van der Waals surface area contributed by atoms with Crippen LogP contribution in [0.4, 0.5) is 30.8 Å². The lowest BCUT2D eigenvalue weighted by atomic mass is 9.77. The Labute approximate surface area is 414 Å². The van der Waals surface area contributed by atoms with Gasteiger partial charge in [-0.05, 0) is 98.0 Å². The molecule has 0 bridgehead atoms. The molecule has 0 spiro atoms. The third-order valence-corrected chi connectivity index (χ3v) is 15.5. The fourth-order valence-electron chi connectivity index (χ4n) is 11.2. The molecule has 6 aromatic rings. The monoisotopic (exact) mass is 984 g/mol. The number of nitrogens with two attached hydrogens (primary N) is 1. The predicted octanol–water partition coefficient (Wildman–Crippen LogP) is 9.29. The molecule has 4 aliphatic rings. The molecule has 14 nitrogen and oxygen atoms in total. The maximum atomic E-state index is 16.2. The van der Waals surface area contributed by atoms with E-state index in [2.05, 4.69) is 44.1 Å². The first-order valence-electron chi connectivity index (χ1n) is 24.1. The molecule has 71 heavy (non-hydrogen) atoms. The van der Waals surface area contributed by atoms with Gasteiger partial charge in [0.25, 0.3) is 0 Å². The van der Waals surface area contributed by atoms with E-state index in [0.29, 0.717) is 43.2 Å². The predicted molar refractivity (Wildman–Crippen MR) is 268 cm³/mol. The van der Waals surface area contributed by atoms with Gasteiger partial charge in [0.2, 0.25) is 17.7 Å². The molecule has 368 valence electrons. The Morgan fingerprint density at radius 2 is 1.69 bits per heavy atom. The number of aromatic nitrogens is 2. The van der Waals surface area contributed by atoms with Gasteiger partial charge in [-0.15, -0.1) is 0 Å². The van der Waals surface area contributed by atoms with Crippen LogP contribution in [-0.2, 0) is 22.2 Å². The van der Waals surface area contributed by atoms with Crippen molar-refractivity contribution in [3.05, 3.63) is 130 Å². The van der Waals surface area contributed by atoms with E-state index >= 15 is 8.78 Å². The summed E-state index contributed by atoms with van der Waals surface area (Å²) in [7, 11) is 3.16. The maximum absolute atomic E-state index is 16.2. The van der Waals surface area contributed by atoms with Crippen molar-refractivity contribution in [3.63, 3.8) is 0 Å². The highest BCUT2D eigenvalue weighted by atomic mass is 35.5. The van der Waals surface area contributed by atoms with Crippen molar-refractivity contribution in [2.45, 2.75) is 75.3 Å². The molecule has 0 unspecified atom stereocenters. The highest BCUT2D eigenvalue weighted by Crippen LogP contribution is 2.56. The minimum absolute atomic E-state index is 0.0153. The van der Waals surface area contributed by atoms with Crippen molar-refractivity contribution in [3.8, 4) is 22.6 Å². The van der Waals surface area contributed by atoms with Gasteiger partial charge in [0.15, 0.2) is 23.0 Å². The number of amides is 5. The van der Waals surface area contributed by atoms with Crippen LogP contribution in [0.1, 0.15) is 90.8 Å². The van der Waals surface area contributed by atoms with Gasteiger partial charge in [0.1, 0.15) is 11.6 Å². The number of hydrogen-bond donors (Lipinski definition) is 4. The Hall–Kier alpha value is -7.04. The van der Waals surface area contributed by atoms with E-state index in [9.17, 15) is 19.2 Å². The molecule has 5 N–H and O–H groups in total. The number of benzene rings is 5. The lowest BCUT2D eigenvalue weighted by Crippen LogP contribution is -2.49. The fraction of sp³-hybridized carbons (Fsp3) is 0.352. The van der Waals surface area contributed by atoms with Crippen molar-refractivity contribution in [2.75, 3.05) is 48.4 Å². The highest BCUT2D eigenvalue weighted by molar-refractivity contribution is 6.34. The number of nitrogens with one attached hydrogen (secondary N) is 3. The van der Waals surface area contributed by atoms with E-state index in [1.807, 2.05) is 68.6 Å². The molecule has 10 rings (SSSR count). The average Bonchev–Trinajstić information content (AvgIpc) is 3.85. The Morgan fingerprint density at radius 1 is 0.930 bits per heavy atom. The average molecular weight is 986 g/mol. The van der Waals surface area contributed by atoms with Crippen LogP contribution in [0.2, 0.25) is 5.02 Å². The van der Waals surface area contributed by atoms with Gasteiger partial charge in [-0.2, -0.15) is 5.10 Å². The molecular formula is C54H55ClF2N8O6. The van der Waals surface area contributed by atoms with Gasteiger partial charge >= 0.3 is 6.03 Å². The normalized spacial score (nSPS) is 21.5. The van der Waals surface area contributed by atoms with Crippen LogP contribution in [0.5, 0.6) is 11.5 Å². The highest BCUT2D eigenvalue weighted by Gasteiger charge is 2.50. The fourth-order valence-corrected chi connectivity index (χ4v) is 11.5. The van der Waals surface area contributed by atoms with E-state index in [1.54, 1.807) is 4.68 Å². The number of fused-ring (bicyclic) bond motifs is 2. The number of rotatable bonds is 12. The van der Waals surface area contributed by atoms with E-state index in [0.717, 1.165) is 66.6 Å². The molecule has 1 aliphatic carbocycles. The number of imide groups is 1. The second kappa shape index (κ2) is 19.3. The van der Waals surface area contributed by atoms with Gasteiger partial charge in [0, 0.05) is 97.0 Å². The number of nitrogens with zero attached hydrogens (tertiary/aromatic N) is 4. The molecule has 5 amide bonds. The lowest BCUT2D eigenvalue weighted by molar-refractivity contribution is -0.121. The Kier molecular flexibility index (Phi) is 12.9. The second-order valence-electron chi connectivity index (χ2n) is 19.1. The quantitative estimate of drug-likeness (QED) is 0.0933. The van der Waals surface area contributed by atoms with Crippen molar-refractivity contribution in [1.82, 2.24) is 20.4 Å². The molecular weight excluding hydrogens is 930 g/mol. The molecule has 5 aromatic carbocycles. The summed E-state index contributed by atoms with van der Waals surface area (Å²) in [6.07, 6.45) is 4.92. The van der Waals surface area contributed by atoms with Gasteiger partial charge in [-0.1, -0.05) is 61.0 Å². The summed E-state index contributed by atoms with van der Waals surface area (Å²) in [5.41, 5.74) is 9.41. The van der Waals surface area contributed by atoms with Crippen LogP contribution >= 0.6 is 11.6 Å². The summed E-state index contributed by atoms with van der Waals surface area (Å²) >= 11 is 6.70. The molecule has 3 aliphatic heterocycles. The molecule has 1 saturated carbocycles. The van der Waals surface area contributed by atoms with Gasteiger partial charge in [-0.25, -0.2) is 13.6 Å². The zero-order valence-corrected chi connectivity index (χ0v) is 40.5. The topological polar surface area (TPSA) is 173 Å². The smallest absolute Gasteiger partial charge is 0.329 e. The summed E-state index contributed by atoms with van der Waals surface area (Å²) in [6, 6.07) is 27.3. The molecule has 1 aromatic heterocycles. The number of methoxy groups -OCH3 is 1. The van der Waals surface area contributed by atoms with Gasteiger partial charge in [0.05, 0.1) is 23.2 Å². The number of piperidine rings is 1. The maximum Gasteiger partial charge on any atom is 0.329 e. The minimum Gasteiger partial charge on any atom is -0.494 e. The first-order valence-corrected chi connectivity index (χ1v) is 24.5. The Bertz CT molecular complexity index is 3080. The molecule has 0 radical (unpaired) electrons. The largest absolute Gasteiger partial charge is 0.494 e. The molecule has 3 fully saturated rings. The number of anilines is 3. The van der Waals surface area contributed by atoms with Crippen molar-refractivity contribution in [2.24, 2.45) is 18.7 Å². The van der Waals surface area contributed by atoms with Crippen LogP contribution in [0.25, 0.3) is 22.0 Å². The summed E-state index contributed by atoms with van der Waals surface area (Å²) < 4.78 is 45.9. The van der Waals surface area contributed by atoms with Crippen molar-refractivity contribution in [1.29, 1.82) is 0 Å².